The zero-order chi connectivity index (χ0) is 32.2. The third-order valence-electron chi connectivity index (χ3n) is 7.45. The van der Waals surface area contributed by atoms with Gasteiger partial charge in [-0.2, -0.15) is 4.73 Å². The van der Waals surface area contributed by atoms with Crippen LogP contribution in [0.15, 0.2) is 78.0 Å². The lowest BCUT2D eigenvalue weighted by molar-refractivity contribution is -0.645. The molecule has 1 saturated heterocycles. The number of nitrogens with zero attached hydrogens (tertiary/aromatic N) is 1. The Morgan fingerprint density at radius 1 is 0.867 bits per heavy atom. The number of aliphatic hydroxyl groups excluding tert-OH is 1. The molecule has 0 bridgehead atoms. The van der Waals surface area contributed by atoms with Gasteiger partial charge in [0.2, 0.25) is 5.82 Å². The van der Waals surface area contributed by atoms with Crippen molar-refractivity contribution in [3.05, 3.63) is 135 Å². The maximum absolute atomic E-state index is 14.0. The van der Waals surface area contributed by atoms with Crippen molar-refractivity contribution in [3.63, 3.8) is 0 Å². The molecule has 1 aliphatic rings. The van der Waals surface area contributed by atoms with E-state index in [1.165, 1.54) is 18.0 Å². The molecule has 2 heterocycles. The van der Waals surface area contributed by atoms with Crippen LogP contribution in [-0.4, -0.2) is 22.9 Å². The number of thioether (sulfide) groups is 1. The molecule has 3 aromatic carbocycles. The fourth-order valence-electron chi connectivity index (χ4n) is 4.87. The summed E-state index contributed by atoms with van der Waals surface area (Å²) in [6.45, 7) is 1.61. The van der Waals surface area contributed by atoms with Crippen LogP contribution in [0, 0.1) is 40.2 Å². The number of benzene rings is 3. The fourth-order valence-corrected chi connectivity index (χ4v) is 5.95. The summed E-state index contributed by atoms with van der Waals surface area (Å²) in [5.41, 5.74) is 1.12. The quantitative estimate of drug-likeness (QED) is 0.0577. The number of rotatable bonds is 9. The molecule has 13 heteroatoms. The van der Waals surface area contributed by atoms with Crippen LogP contribution in [0.25, 0.3) is 0 Å². The molecule has 7 nitrogen and oxygen atoms in total. The molecule has 5 rings (SSSR count). The van der Waals surface area contributed by atoms with Crippen LogP contribution >= 0.6 is 11.8 Å². The summed E-state index contributed by atoms with van der Waals surface area (Å²) in [6.07, 6.45) is -0.173. The molecule has 4 aromatic rings. The van der Waals surface area contributed by atoms with Crippen LogP contribution in [0.5, 0.6) is 0 Å². The van der Waals surface area contributed by atoms with Crippen molar-refractivity contribution < 1.29 is 46.1 Å². The summed E-state index contributed by atoms with van der Waals surface area (Å²) in [7, 11) is 0. The average Bonchev–Trinajstić information content (AvgIpc) is 3.06. The van der Waals surface area contributed by atoms with Crippen LogP contribution in [0.3, 0.4) is 0 Å². The molecule has 236 valence electrons. The highest BCUT2D eigenvalue weighted by molar-refractivity contribution is 7.99. The number of nitrogens with one attached hydrogen (secondary N) is 1. The lowest BCUT2D eigenvalue weighted by atomic mass is 9.91. The summed E-state index contributed by atoms with van der Waals surface area (Å²) in [5.74, 6) is -12.3. The number of aliphatic hydroxyl groups is 1. The van der Waals surface area contributed by atoms with E-state index in [0.717, 1.165) is 15.9 Å². The first-order chi connectivity index (χ1) is 21.6. The summed E-state index contributed by atoms with van der Waals surface area (Å²) in [5, 5.41) is 24.3. The number of carbonyl (C=O) groups is 1. The predicted molar refractivity (Wildman–Crippen MR) is 153 cm³/mol. The molecule has 0 spiro atoms. The van der Waals surface area contributed by atoms with E-state index in [-0.39, 0.29) is 25.2 Å². The lowest BCUT2D eigenvalue weighted by Gasteiger charge is -2.41. The minimum Gasteiger partial charge on any atom is -0.618 e. The maximum Gasteiger partial charge on any atom is 0.257 e. The molecule has 1 amide bonds. The molecule has 0 saturated carbocycles. The van der Waals surface area contributed by atoms with Crippen LogP contribution < -0.4 is 10.0 Å². The number of ether oxygens (including phenoxy) is 2. The van der Waals surface area contributed by atoms with Gasteiger partial charge in [0.15, 0.2) is 35.8 Å². The number of halogens is 5. The maximum atomic E-state index is 14.0. The van der Waals surface area contributed by atoms with Gasteiger partial charge in [-0.25, -0.2) is 22.0 Å². The number of amides is 1. The van der Waals surface area contributed by atoms with E-state index in [9.17, 15) is 37.1 Å². The Morgan fingerprint density at radius 3 is 2.09 bits per heavy atom. The van der Waals surface area contributed by atoms with Crippen molar-refractivity contribution >= 4 is 17.7 Å². The summed E-state index contributed by atoms with van der Waals surface area (Å²) in [6, 6.07) is 19.0. The zero-order valence-electron chi connectivity index (χ0n) is 23.7. The van der Waals surface area contributed by atoms with E-state index in [2.05, 4.69) is 5.32 Å². The Hall–Kier alpha value is -4.04. The van der Waals surface area contributed by atoms with Crippen LogP contribution in [0.4, 0.5) is 22.0 Å². The van der Waals surface area contributed by atoms with E-state index in [1.807, 2.05) is 19.1 Å². The van der Waals surface area contributed by atoms with Gasteiger partial charge in [0, 0.05) is 35.9 Å². The number of hydrogen-bond donors (Lipinski definition) is 2. The third-order valence-corrected chi connectivity index (χ3v) is 8.56. The van der Waals surface area contributed by atoms with Crippen LogP contribution in [0.2, 0.25) is 0 Å². The smallest absolute Gasteiger partial charge is 0.257 e. The van der Waals surface area contributed by atoms with Crippen molar-refractivity contribution in [1.82, 2.24) is 5.32 Å². The molecule has 2 N–H and O–H groups in total. The van der Waals surface area contributed by atoms with Gasteiger partial charge in [0.05, 0.1) is 18.8 Å². The normalized spacial score (nSPS) is 19.8. The molecule has 0 unspecified atom stereocenters. The highest BCUT2D eigenvalue weighted by Gasteiger charge is 2.39. The topological polar surface area (TPSA) is 94.7 Å². The lowest BCUT2D eigenvalue weighted by Crippen LogP contribution is -2.39. The number of carbonyl (C=O) groups excluding carboxylic acids is 1. The predicted octanol–water partition coefficient (Wildman–Crippen LogP) is 6.02. The second kappa shape index (κ2) is 13.9. The summed E-state index contributed by atoms with van der Waals surface area (Å²) >= 11 is 1.35. The molecule has 45 heavy (non-hydrogen) atoms. The Labute approximate surface area is 259 Å². The molecule has 1 aromatic heterocycles. The SMILES string of the molecule is C[C@H]1[C@@H](CSc2cccc[n+]2[O-])O[C@@H](c2ccc(CNC(=O)c3c(F)c(F)c(F)c(F)c3F)cc2)O[C@H]1c1ccc(CO)cc1. The number of pyridine rings is 1. The van der Waals surface area contributed by atoms with Gasteiger partial charge in [-0.05, 0) is 22.8 Å². The standard InChI is InChI=1S/C32H27F5N2O5S/c1-17-22(16-45-23-4-2-3-13-39(23)42)43-32(44-30(17)20-9-7-19(15-40)8-10-20)21-11-5-18(6-12-21)14-38-31(41)24-25(33)27(35)29(37)28(36)26(24)34/h2-13,17,22,30,32,40H,14-16H2,1H3,(H,38,41)/t17-,22+,30+,32+/m0/s1. The van der Waals surface area contributed by atoms with Crippen molar-refractivity contribution in [2.45, 2.75) is 43.6 Å². The number of aromatic nitrogens is 1. The van der Waals surface area contributed by atoms with E-state index < -0.39 is 53.0 Å². The molecule has 1 aliphatic heterocycles. The highest BCUT2D eigenvalue weighted by atomic mass is 32.2. The third kappa shape index (κ3) is 6.96. The first kappa shape index (κ1) is 32.4. The van der Waals surface area contributed by atoms with Crippen molar-refractivity contribution in [1.29, 1.82) is 0 Å². The van der Waals surface area contributed by atoms with E-state index in [1.54, 1.807) is 54.6 Å². The van der Waals surface area contributed by atoms with Gasteiger partial charge < -0.3 is 25.1 Å². The van der Waals surface area contributed by atoms with Gasteiger partial charge in [-0.15, -0.1) is 0 Å². The minimum atomic E-state index is -2.35. The molecule has 4 atom stereocenters. The molecule has 1 fully saturated rings. The van der Waals surface area contributed by atoms with Crippen molar-refractivity contribution in [2.75, 3.05) is 5.75 Å². The Morgan fingerprint density at radius 2 is 1.47 bits per heavy atom. The first-order valence-corrected chi connectivity index (χ1v) is 14.8. The zero-order valence-corrected chi connectivity index (χ0v) is 24.5. The Bertz CT molecular complexity index is 1650. The van der Waals surface area contributed by atoms with Gasteiger partial charge in [-0.3, -0.25) is 4.79 Å². The highest BCUT2D eigenvalue weighted by Crippen LogP contribution is 2.43. The van der Waals surface area contributed by atoms with Gasteiger partial charge in [-0.1, -0.05) is 67.2 Å². The summed E-state index contributed by atoms with van der Waals surface area (Å²) < 4.78 is 82.0. The Kier molecular flexibility index (Phi) is 10.0. The van der Waals surface area contributed by atoms with Gasteiger partial charge in [0.1, 0.15) is 5.56 Å². The van der Waals surface area contributed by atoms with E-state index in [4.69, 9.17) is 9.47 Å². The monoisotopic (exact) mass is 646 g/mol. The fraction of sp³-hybridized carbons (Fsp3) is 0.250. The van der Waals surface area contributed by atoms with Gasteiger partial charge in [0.25, 0.3) is 10.9 Å². The second-order valence-electron chi connectivity index (χ2n) is 10.4. The van der Waals surface area contributed by atoms with Gasteiger partial charge >= 0.3 is 0 Å². The van der Waals surface area contributed by atoms with Crippen LogP contribution in [-0.2, 0) is 22.6 Å². The van der Waals surface area contributed by atoms with E-state index in [0.29, 0.717) is 21.9 Å². The van der Waals surface area contributed by atoms with Crippen molar-refractivity contribution in [2.24, 2.45) is 5.92 Å². The molecular formula is C32H27F5N2O5S. The molecule has 0 aliphatic carbocycles. The minimum absolute atomic E-state index is 0.104. The van der Waals surface area contributed by atoms with Crippen molar-refractivity contribution in [3.8, 4) is 0 Å². The number of hydrogen-bond acceptors (Lipinski definition) is 6. The largest absolute Gasteiger partial charge is 0.618 e. The Balaban J connectivity index is 1.32. The average molecular weight is 647 g/mol. The van der Waals surface area contributed by atoms with E-state index >= 15 is 0 Å². The second-order valence-corrected chi connectivity index (χ2v) is 11.4. The molecule has 0 radical (unpaired) electrons. The molecular weight excluding hydrogens is 619 g/mol. The first-order valence-electron chi connectivity index (χ1n) is 13.8. The van der Waals surface area contributed by atoms with Crippen LogP contribution in [0.1, 0.15) is 51.9 Å². The summed E-state index contributed by atoms with van der Waals surface area (Å²) in [4.78, 5) is 12.3.